The summed E-state index contributed by atoms with van der Waals surface area (Å²) >= 11 is 0. The zero-order valence-corrected chi connectivity index (χ0v) is 11.7. The van der Waals surface area contributed by atoms with Crippen molar-refractivity contribution in [2.24, 2.45) is 0 Å². The number of hydrogen-bond acceptors (Lipinski definition) is 2. The zero-order valence-electron chi connectivity index (χ0n) is 8.57. The minimum Gasteiger partial charge on any atom is -1.00 e. The van der Waals surface area contributed by atoms with E-state index in [2.05, 4.69) is 0 Å². The summed E-state index contributed by atoms with van der Waals surface area (Å²) in [5.74, 6) is 3.08. The maximum absolute atomic E-state index is 5.65. The van der Waals surface area contributed by atoms with Crippen molar-refractivity contribution in [1.29, 1.82) is 0 Å². The van der Waals surface area contributed by atoms with Gasteiger partial charge in [0.25, 0.3) is 0 Å². The monoisotopic (exact) mass is 333 g/mol. The lowest BCUT2D eigenvalue weighted by Gasteiger charge is -2.19. The SMILES string of the molecule is [Br-].[Cl-].[Cl-].c1ccc2c(c1)Oc1ccccc1O2. The molecule has 0 amide bonds. The summed E-state index contributed by atoms with van der Waals surface area (Å²) in [5, 5.41) is 0. The van der Waals surface area contributed by atoms with Crippen molar-refractivity contribution in [3.8, 4) is 23.0 Å². The van der Waals surface area contributed by atoms with E-state index in [1.165, 1.54) is 0 Å². The molecular weight excluding hydrogens is 327 g/mol. The van der Waals surface area contributed by atoms with E-state index in [1.807, 2.05) is 48.5 Å². The van der Waals surface area contributed by atoms with Crippen LogP contribution in [0.2, 0.25) is 0 Å². The van der Waals surface area contributed by atoms with Gasteiger partial charge in [0.1, 0.15) is 0 Å². The second-order valence-electron chi connectivity index (χ2n) is 3.10. The lowest BCUT2D eigenvalue weighted by Crippen LogP contribution is -3.00. The molecule has 2 aromatic carbocycles. The largest absolute Gasteiger partial charge is 1.00 e. The van der Waals surface area contributed by atoms with Gasteiger partial charge in [-0.2, -0.15) is 0 Å². The third-order valence-corrected chi connectivity index (χ3v) is 2.14. The highest BCUT2D eigenvalue weighted by Crippen LogP contribution is 2.44. The molecule has 0 fully saturated rings. The normalized spacial score (nSPS) is 9.88. The minimum absolute atomic E-state index is 0. The molecule has 5 heteroatoms. The highest BCUT2D eigenvalue weighted by Gasteiger charge is 2.16. The first-order valence-electron chi connectivity index (χ1n) is 4.47. The van der Waals surface area contributed by atoms with Gasteiger partial charge in [-0.25, -0.2) is 0 Å². The van der Waals surface area contributed by atoms with Crippen LogP contribution in [0.3, 0.4) is 0 Å². The summed E-state index contributed by atoms with van der Waals surface area (Å²) in [6.07, 6.45) is 0. The second-order valence-corrected chi connectivity index (χ2v) is 3.10. The van der Waals surface area contributed by atoms with Gasteiger partial charge in [0.05, 0.1) is 0 Å². The first kappa shape index (κ1) is 16.1. The molecule has 92 valence electrons. The Labute approximate surface area is 123 Å². The molecule has 0 aliphatic carbocycles. The highest BCUT2D eigenvalue weighted by molar-refractivity contribution is 5.53. The molecule has 0 saturated carbocycles. The topological polar surface area (TPSA) is 18.5 Å². The van der Waals surface area contributed by atoms with E-state index >= 15 is 0 Å². The zero-order chi connectivity index (χ0) is 9.38. The molecular formula is C12H8BrCl2O2-3. The maximum Gasteiger partial charge on any atom is 0.170 e. The van der Waals surface area contributed by atoms with E-state index in [1.54, 1.807) is 0 Å². The Morgan fingerprint density at radius 1 is 0.529 bits per heavy atom. The van der Waals surface area contributed by atoms with Crippen molar-refractivity contribution in [3.05, 3.63) is 48.5 Å². The molecule has 17 heavy (non-hydrogen) atoms. The van der Waals surface area contributed by atoms with Crippen molar-refractivity contribution in [2.75, 3.05) is 0 Å². The first-order valence-corrected chi connectivity index (χ1v) is 4.47. The van der Waals surface area contributed by atoms with E-state index in [-0.39, 0.29) is 41.8 Å². The Morgan fingerprint density at radius 3 is 1.00 bits per heavy atom. The fourth-order valence-corrected chi connectivity index (χ4v) is 1.47. The van der Waals surface area contributed by atoms with Crippen LogP contribution in [0.15, 0.2) is 48.5 Å². The van der Waals surface area contributed by atoms with Gasteiger partial charge in [-0.15, -0.1) is 0 Å². The van der Waals surface area contributed by atoms with E-state index in [0.717, 1.165) is 23.0 Å². The number of halogens is 3. The Kier molecular flexibility index (Phi) is 6.39. The van der Waals surface area contributed by atoms with Gasteiger partial charge >= 0.3 is 0 Å². The van der Waals surface area contributed by atoms with Crippen LogP contribution in [0.1, 0.15) is 0 Å². The molecule has 2 nitrogen and oxygen atoms in total. The van der Waals surface area contributed by atoms with E-state index in [4.69, 9.17) is 9.47 Å². The summed E-state index contributed by atoms with van der Waals surface area (Å²) in [6.45, 7) is 0. The fourth-order valence-electron chi connectivity index (χ4n) is 1.47. The van der Waals surface area contributed by atoms with E-state index < -0.39 is 0 Å². The Bertz CT molecular complexity index is 404. The lowest BCUT2D eigenvalue weighted by molar-refractivity contribution is -0.00100. The van der Waals surface area contributed by atoms with Gasteiger partial charge < -0.3 is 51.3 Å². The van der Waals surface area contributed by atoms with Gasteiger partial charge in [0.2, 0.25) is 0 Å². The average molecular weight is 335 g/mol. The predicted molar refractivity (Wildman–Crippen MR) is 53.0 cm³/mol. The number of hydrogen-bond donors (Lipinski definition) is 0. The molecule has 2 aromatic rings. The molecule has 0 radical (unpaired) electrons. The Hall–Kier alpha value is -0.900. The first-order chi connectivity index (χ1) is 6.93. The van der Waals surface area contributed by atoms with Crippen LogP contribution in [0.25, 0.3) is 0 Å². The van der Waals surface area contributed by atoms with Crippen LogP contribution in [0.5, 0.6) is 23.0 Å². The van der Waals surface area contributed by atoms with Gasteiger partial charge in [-0.3, -0.25) is 0 Å². The molecule has 0 saturated heterocycles. The fraction of sp³-hybridized carbons (Fsp3) is 0. The summed E-state index contributed by atoms with van der Waals surface area (Å²) < 4.78 is 11.3. The summed E-state index contributed by atoms with van der Waals surface area (Å²) in [7, 11) is 0. The van der Waals surface area contributed by atoms with Crippen LogP contribution < -0.4 is 51.3 Å². The quantitative estimate of drug-likeness (QED) is 0.409. The summed E-state index contributed by atoms with van der Waals surface area (Å²) in [6, 6.07) is 15.3. The molecule has 0 aromatic heterocycles. The lowest BCUT2D eigenvalue weighted by atomic mass is 10.2. The number of ether oxygens (including phenoxy) is 2. The van der Waals surface area contributed by atoms with Crippen LogP contribution in [-0.2, 0) is 0 Å². The highest BCUT2D eigenvalue weighted by atomic mass is 79.9. The Morgan fingerprint density at radius 2 is 0.765 bits per heavy atom. The van der Waals surface area contributed by atoms with Crippen molar-refractivity contribution in [2.45, 2.75) is 0 Å². The predicted octanol–water partition coefficient (Wildman–Crippen LogP) is -5.40. The summed E-state index contributed by atoms with van der Waals surface area (Å²) in [4.78, 5) is 0. The number of fused-ring (bicyclic) bond motifs is 2. The molecule has 0 spiro atoms. The minimum atomic E-state index is 0. The number of rotatable bonds is 0. The van der Waals surface area contributed by atoms with Crippen LogP contribution in [0.4, 0.5) is 0 Å². The average Bonchev–Trinajstić information content (AvgIpc) is 2.26. The molecule has 0 N–H and O–H groups in total. The Balaban J connectivity index is 0.000000853. The third-order valence-electron chi connectivity index (χ3n) is 2.14. The van der Waals surface area contributed by atoms with Gasteiger partial charge in [0, 0.05) is 0 Å². The number of benzene rings is 2. The van der Waals surface area contributed by atoms with Crippen LogP contribution in [-0.4, -0.2) is 0 Å². The van der Waals surface area contributed by atoms with Crippen molar-refractivity contribution < 1.29 is 51.3 Å². The molecule has 1 aliphatic heterocycles. The van der Waals surface area contributed by atoms with Crippen molar-refractivity contribution in [3.63, 3.8) is 0 Å². The maximum atomic E-state index is 5.65. The molecule has 1 aliphatic rings. The van der Waals surface area contributed by atoms with Crippen LogP contribution >= 0.6 is 0 Å². The smallest absolute Gasteiger partial charge is 0.170 e. The van der Waals surface area contributed by atoms with Crippen molar-refractivity contribution >= 4 is 0 Å². The van der Waals surface area contributed by atoms with Gasteiger partial charge in [0.15, 0.2) is 23.0 Å². The van der Waals surface area contributed by atoms with Gasteiger partial charge in [-0.05, 0) is 24.3 Å². The number of para-hydroxylation sites is 4. The molecule has 3 rings (SSSR count). The second kappa shape index (κ2) is 6.74. The molecule has 1 heterocycles. The molecule has 0 atom stereocenters. The molecule has 0 bridgehead atoms. The van der Waals surface area contributed by atoms with Crippen molar-refractivity contribution in [1.82, 2.24) is 0 Å². The van der Waals surface area contributed by atoms with Crippen LogP contribution in [0, 0.1) is 0 Å². The van der Waals surface area contributed by atoms with E-state index in [9.17, 15) is 0 Å². The van der Waals surface area contributed by atoms with E-state index in [0.29, 0.717) is 0 Å². The molecule has 0 unspecified atom stereocenters. The third kappa shape index (κ3) is 3.06. The summed E-state index contributed by atoms with van der Waals surface area (Å²) in [5.41, 5.74) is 0. The standard InChI is InChI=1S/C12H8O2.BrH.2ClH/c1-2-6-10-9(5-1)13-11-7-3-4-8-12(11)14-10;;;/h1-8H;3*1H/p-3. The van der Waals surface area contributed by atoms with Gasteiger partial charge in [-0.1, -0.05) is 24.3 Å².